The predicted molar refractivity (Wildman–Crippen MR) is 108 cm³/mol. The van der Waals surface area contributed by atoms with Crippen LogP contribution in [0.3, 0.4) is 0 Å². The highest BCUT2D eigenvalue weighted by Crippen LogP contribution is 2.17. The first kappa shape index (κ1) is 18.9. The third-order valence-electron chi connectivity index (χ3n) is 4.17. The lowest BCUT2D eigenvalue weighted by molar-refractivity contribution is 0.0827. The lowest BCUT2D eigenvalue weighted by atomic mass is 10.0. The second kappa shape index (κ2) is 8.12. The summed E-state index contributed by atoms with van der Waals surface area (Å²) in [5.41, 5.74) is 5.24. The van der Waals surface area contributed by atoms with Crippen LogP contribution in [0.2, 0.25) is 0 Å². The fourth-order valence-corrected chi connectivity index (χ4v) is 2.73. The number of amides is 1. The Bertz CT molecular complexity index is 769. The monoisotopic (exact) mass is 355 g/mol. The van der Waals surface area contributed by atoms with Crippen LogP contribution in [0, 0.1) is 13.8 Å². The first-order valence-electron chi connectivity index (χ1n) is 8.24. The van der Waals surface area contributed by atoms with E-state index in [0.29, 0.717) is 10.7 Å². The average molecular weight is 356 g/mol. The van der Waals surface area contributed by atoms with Crippen LogP contribution in [0.25, 0.3) is 0 Å². The summed E-state index contributed by atoms with van der Waals surface area (Å²) in [6.45, 7) is 6.30. The first-order chi connectivity index (χ1) is 11.8. The Morgan fingerprint density at radius 2 is 1.68 bits per heavy atom. The number of benzene rings is 2. The molecule has 0 fully saturated rings. The van der Waals surface area contributed by atoms with Gasteiger partial charge in [-0.1, -0.05) is 18.2 Å². The highest BCUT2D eigenvalue weighted by atomic mass is 32.1. The second-order valence-corrected chi connectivity index (χ2v) is 6.85. The summed E-state index contributed by atoms with van der Waals surface area (Å²) in [4.78, 5) is 13.5. The predicted octanol–water partition coefficient (Wildman–Crippen LogP) is 4.05. The number of carbonyl (C=O) groups excluding carboxylic acids is 1. The van der Waals surface area contributed by atoms with Gasteiger partial charge in [0.1, 0.15) is 0 Å². The highest BCUT2D eigenvalue weighted by Gasteiger charge is 2.10. The van der Waals surface area contributed by atoms with Gasteiger partial charge in [0.15, 0.2) is 5.11 Å². The Kier molecular flexibility index (Phi) is 6.15. The van der Waals surface area contributed by atoms with Crippen molar-refractivity contribution >= 4 is 28.9 Å². The third-order valence-corrected chi connectivity index (χ3v) is 4.39. The van der Waals surface area contributed by atoms with Crippen molar-refractivity contribution in [2.24, 2.45) is 0 Å². The van der Waals surface area contributed by atoms with Gasteiger partial charge in [-0.3, -0.25) is 4.79 Å². The normalized spacial score (nSPS) is 11.6. The standard InChI is InChI=1S/C20H25N3OS/c1-13-6-7-17(12-14(13)2)15(3)21-20(25)22-18-10-8-16(9-11-18)19(24)23(4)5/h6-12,15H,1-5H3,(H2,21,22,25)/t15-/m1/s1. The van der Waals surface area contributed by atoms with Crippen LogP contribution >= 0.6 is 12.2 Å². The number of aryl methyl sites for hydroxylation is 2. The van der Waals surface area contributed by atoms with Crippen molar-refractivity contribution in [3.05, 3.63) is 64.7 Å². The first-order valence-corrected chi connectivity index (χ1v) is 8.65. The molecule has 4 nitrogen and oxygen atoms in total. The SMILES string of the molecule is Cc1ccc([C@@H](C)NC(=S)Nc2ccc(C(=O)N(C)C)cc2)cc1C. The van der Waals surface area contributed by atoms with Gasteiger partial charge in [0, 0.05) is 25.3 Å². The van der Waals surface area contributed by atoms with Gasteiger partial charge in [-0.15, -0.1) is 0 Å². The molecule has 5 heteroatoms. The zero-order valence-electron chi connectivity index (χ0n) is 15.4. The van der Waals surface area contributed by atoms with E-state index in [0.717, 1.165) is 5.69 Å². The Labute approximate surface area is 155 Å². The molecule has 0 aliphatic rings. The zero-order chi connectivity index (χ0) is 18.6. The molecular weight excluding hydrogens is 330 g/mol. The summed E-state index contributed by atoms with van der Waals surface area (Å²) < 4.78 is 0. The molecule has 2 N–H and O–H groups in total. The van der Waals surface area contributed by atoms with Crippen molar-refractivity contribution in [1.82, 2.24) is 10.2 Å². The molecule has 0 bridgehead atoms. The zero-order valence-corrected chi connectivity index (χ0v) is 16.2. The minimum absolute atomic E-state index is 0.0179. The lowest BCUT2D eigenvalue weighted by Crippen LogP contribution is -2.31. The number of hydrogen-bond acceptors (Lipinski definition) is 2. The topological polar surface area (TPSA) is 44.4 Å². The van der Waals surface area contributed by atoms with Crippen LogP contribution in [0.1, 0.15) is 40.0 Å². The number of thiocarbonyl (C=S) groups is 1. The Hall–Kier alpha value is -2.40. The number of anilines is 1. The minimum atomic E-state index is -0.0179. The maximum Gasteiger partial charge on any atom is 0.253 e. The molecule has 0 saturated carbocycles. The van der Waals surface area contributed by atoms with E-state index in [1.54, 1.807) is 31.1 Å². The molecule has 1 amide bonds. The summed E-state index contributed by atoms with van der Waals surface area (Å²) >= 11 is 5.40. The smallest absolute Gasteiger partial charge is 0.253 e. The molecule has 0 aromatic heterocycles. The molecule has 0 radical (unpaired) electrons. The molecule has 0 spiro atoms. The van der Waals surface area contributed by atoms with Crippen LogP contribution in [-0.4, -0.2) is 30.0 Å². The van der Waals surface area contributed by atoms with E-state index in [4.69, 9.17) is 12.2 Å². The Balaban J connectivity index is 1.97. The number of hydrogen-bond donors (Lipinski definition) is 2. The largest absolute Gasteiger partial charge is 0.356 e. The maximum atomic E-state index is 11.9. The summed E-state index contributed by atoms with van der Waals surface area (Å²) in [5, 5.41) is 7.00. The van der Waals surface area contributed by atoms with Crippen molar-refractivity contribution in [3.63, 3.8) is 0 Å². The number of nitrogens with one attached hydrogen (secondary N) is 2. The van der Waals surface area contributed by atoms with E-state index in [1.807, 2.05) is 12.1 Å². The summed E-state index contributed by atoms with van der Waals surface area (Å²) in [7, 11) is 3.48. The molecule has 2 aromatic rings. The highest BCUT2D eigenvalue weighted by molar-refractivity contribution is 7.80. The third kappa shape index (κ3) is 5.03. The molecule has 0 aliphatic carbocycles. The van der Waals surface area contributed by atoms with E-state index in [2.05, 4.69) is 49.6 Å². The van der Waals surface area contributed by atoms with Crippen molar-refractivity contribution < 1.29 is 4.79 Å². The number of nitrogens with zero attached hydrogens (tertiary/aromatic N) is 1. The number of carbonyl (C=O) groups is 1. The van der Waals surface area contributed by atoms with Gasteiger partial charge >= 0.3 is 0 Å². The van der Waals surface area contributed by atoms with Crippen molar-refractivity contribution in [1.29, 1.82) is 0 Å². The molecule has 0 saturated heterocycles. The molecule has 25 heavy (non-hydrogen) atoms. The van der Waals surface area contributed by atoms with Crippen LogP contribution in [0.15, 0.2) is 42.5 Å². The van der Waals surface area contributed by atoms with Gasteiger partial charge in [0.05, 0.1) is 6.04 Å². The van der Waals surface area contributed by atoms with Crippen molar-refractivity contribution in [2.45, 2.75) is 26.8 Å². The van der Waals surface area contributed by atoms with E-state index >= 15 is 0 Å². The Morgan fingerprint density at radius 3 is 2.24 bits per heavy atom. The maximum absolute atomic E-state index is 11.9. The van der Waals surface area contributed by atoms with Crippen LogP contribution < -0.4 is 10.6 Å². The van der Waals surface area contributed by atoms with Gasteiger partial charge in [0.2, 0.25) is 0 Å². The van der Waals surface area contributed by atoms with Crippen molar-refractivity contribution in [3.8, 4) is 0 Å². The quantitative estimate of drug-likeness (QED) is 0.812. The van der Waals surface area contributed by atoms with E-state index in [9.17, 15) is 4.79 Å². The summed E-state index contributed by atoms with van der Waals surface area (Å²) in [6.07, 6.45) is 0. The fraction of sp³-hybridized carbons (Fsp3) is 0.300. The van der Waals surface area contributed by atoms with Crippen LogP contribution in [0.4, 0.5) is 5.69 Å². The van der Waals surface area contributed by atoms with Gasteiger partial charge in [-0.25, -0.2) is 0 Å². The van der Waals surface area contributed by atoms with Crippen molar-refractivity contribution in [2.75, 3.05) is 19.4 Å². The van der Waals surface area contributed by atoms with E-state index in [-0.39, 0.29) is 11.9 Å². The van der Waals surface area contributed by atoms with E-state index in [1.165, 1.54) is 16.7 Å². The van der Waals surface area contributed by atoms with Gasteiger partial charge in [0.25, 0.3) is 5.91 Å². The number of rotatable bonds is 4. The molecule has 132 valence electrons. The summed E-state index contributed by atoms with van der Waals surface area (Å²) in [6, 6.07) is 13.8. The summed E-state index contributed by atoms with van der Waals surface area (Å²) in [5.74, 6) is -0.0179. The lowest BCUT2D eigenvalue weighted by Gasteiger charge is -2.18. The van der Waals surface area contributed by atoms with Gasteiger partial charge < -0.3 is 15.5 Å². The fourth-order valence-electron chi connectivity index (χ4n) is 2.44. The molecule has 0 aliphatic heterocycles. The molecule has 0 unspecified atom stereocenters. The molecule has 2 aromatic carbocycles. The molecule has 0 heterocycles. The van der Waals surface area contributed by atoms with Crippen LogP contribution in [0.5, 0.6) is 0 Å². The average Bonchev–Trinajstić information content (AvgIpc) is 2.57. The van der Waals surface area contributed by atoms with Gasteiger partial charge in [-0.05, 0) is 73.9 Å². The second-order valence-electron chi connectivity index (χ2n) is 6.44. The van der Waals surface area contributed by atoms with Crippen LogP contribution in [-0.2, 0) is 0 Å². The minimum Gasteiger partial charge on any atom is -0.356 e. The van der Waals surface area contributed by atoms with Gasteiger partial charge in [-0.2, -0.15) is 0 Å². The molecule has 2 rings (SSSR count). The van der Waals surface area contributed by atoms with E-state index < -0.39 is 0 Å². The molecule has 1 atom stereocenters. The Morgan fingerprint density at radius 1 is 1.04 bits per heavy atom. The molecular formula is C20H25N3OS.